The number of benzene rings is 1. The summed E-state index contributed by atoms with van der Waals surface area (Å²) in [6.07, 6.45) is 1.56. The molecule has 0 radical (unpaired) electrons. The van der Waals surface area contributed by atoms with Crippen molar-refractivity contribution in [1.29, 1.82) is 0 Å². The number of para-hydroxylation sites is 1. The molecule has 6 heteroatoms. The van der Waals surface area contributed by atoms with E-state index in [0.717, 1.165) is 0 Å². The third-order valence-electron chi connectivity index (χ3n) is 3.50. The number of carbonyl (C=O) groups excluding carboxylic acids is 1. The molecule has 0 aliphatic carbocycles. The van der Waals surface area contributed by atoms with Crippen molar-refractivity contribution in [3.8, 4) is 11.6 Å². The second-order valence-electron chi connectivity index (χ2n) is 5.36. The van der Waals surface area contributed by atoms with Crippen LogP contribution < -0.4 is 10.1 Å². The lowest BCUT2D eigenvalue weighted by atomic mass is 10.2. The lowest BCUT2D eigenvalue weighted by Gasteiger charge is -2.19. The summed E-state index contributed by atoms with van der Waals surface area (Å²) in [6.45, 7) is 2.07. The lowest BCUT2D eigenvalue weighted by Crippen LogP contribution is -2.41. The number of nitrogens with one attached hydrogen (secondary N) is 1. The lowest BCUT2D eigenvalue weighted by molar-refractivity contribution is -0.125. The van der Waals surface area contributed by atoms with Gasteiger partial charge in [0.2, 0.25) is 11.8 Å². The molecule has 0 aliphatic rings. The highest BCUT2D eigenvalue weighted by molar-refractivity contribution is 5.81. The molecule has 0 spiro atoms. The molecule has 0 aliphatic heterocycles. The first kappa shape index (κ1) is 16.9. The first-order valence-electron chi connectivity index (χ1n) is 7.29. The van der Waals surface area contributed by atoms with Crippen molar-refractivity contribution in [3.05, 3.63) is 54.0 Å². The molecular weight excluding hydrogens is 297 g/mol. The quantitative estimate of drug-likeness (QED) is 0.890. The summed E-state index contributed by atoms with van der Waals surface area (Å²) in [5.74, 6) is -0.194. The molecule has 23 heavy (non-hydrogen) atoms. The maximum atomic E-state index is 13.7. The van der Waals surface area contributed by atoms with Crippen molar-refractivity contribution in [3.63, 3.8) is 0 Å². The molecule has 5 nitrogen and oxygen atoms in total. The zero-order chi connectivity index (χ0) is 16.8. The summed E-state index contributed by atoms with van der Waals surface area (Å²) in [7, 11) is 3.67. The van der Waals surface area contributed by atoms with Crippen LogP contribution in [0.15, 0.2) is 42.6 Å². The van der Waals surface area contributed by atoms with Crippen LogP contribution >= 0.6 is 0 Å². The minimum Gasteiger partial charge on any atom is -0.436 e. The van der Waals surface area contributed by atoms with Gasteiger partial charge in [-0.2, -0.15) is 0 Å². The second kappa shape index (κ2) is 7.69. The molecule has 1 amide bonds. The largest absolute Gasteiger partial charge is 0.436 e. The Labute approximate surface area is 135 Å². The van der Waals surface area contributed by atoms with Crippen LogP contribution in [0.1, 0.15) is 12.5 Å². The van der Waals surface area contributed by atoms with Crippen LogP contribution in [0.2, 0.25) is 0 Å². The van der Waals surface area contributed by atoms with Crippen LogP contribution in [0.25, 0.3) is 0 Å². The van der Waals surface area contributed by atoms with Gasteiger partial charge in [0.05, 0.1) is 6.04 Å². The molecule has 1 heterocycles. The van der Waals surface area contributed by atoms with Gasteiger partial charge in [-0.15, -0.1) is 0 Å². The fraction of sp³-hybridized carbons (Fsp3) is 0.294. The van der Waals surface area contributed by atoms with Crippen LogP contribution in [-0.2, 0) is 11.3 Å². The molecule has 0 unspecified atom stereocenters. The van der Waals surface area contributed by atoms with Gasteiger partial charge in [-0.1, -0.05) is 18.2 Å². The van der Waals surface area contributed by atoms with Gasteiger partial charge < -0.3 is 10.1 Å². The van der Waals surface area contributed by atoms with E-state index in [9.17, 15) is 9.18 Å². The number of amides is 1. The van der Waals surface area contributed by atoms with Gasteiger partial charge in [0.1, 0.15) is 0 Å². The Morgan fingerprint density at radius 2 is 2.04 bits per heavy atom. The van der Waals surface area contributed by atoms with Crippen LogP contribution in [0.4, 0.5) is 4.39 Å². The van der Waals surface area contributed by atoms with Crippen LogP contribution in [-0.4, -0.2) is 35.9 Å². The standard InChI is InChI=1S/C17H20FN3O2/c1-12(21(2)3)16(22)20-11-13-7-6-10-19-17(13)23-15-9-5-4-8-14(15)18/h4-10,12H,11H2,1-3H3,(H,20,22)/t12-/m1/s1. The minimum absolute atomic E-state index is 0.0976. The van der Waals surface area contributed by atoms with E-state index in [0.29, 0.717) is 5.56 Å². The predicted molar refractivity (Wildman–Crippen MR) is 85.7 cm³/mol. The Bertz CT molecular complexity index is 676. The number of carbonyl (C=O) groups is 1. The van der Waals surface area contributed by atoms with Gasteiger partial charge in [0.15, 0.2) is 11.6 Å². The number of rotatable bonds is 6. The summed E-state index contributed by atoms with van der Waals surface area (Å²) in [4.78, 5) is 17.9. The smallest absolute Gasteiger partial charge is 0.237 e. The number of hydrogen-bond acceptors (Lipinski definition) is 4. The van der Waals surface area contributed by atoms with Gasteiger partial charge in [0, 0.05) is 18.3 Å². The van der Waals surface area contributed by atoms with Crippen molar-refractivity contribution in [2.24, 2.45) is 0 Å². The van der Waals surface area contributed by atoms with Gasteiger partial charge in [-0.25, -0.2) is 9.37 Å². The molecule has 0 saturated heterocycles. The third kappa shape index (κ3) is 4.50. The number of hydrogen-bond donors (Lipinski definition) is 1. The number of ether oxygens (including phenoxy) is 1. The molecular formula is C17H20FN3O2. The third-order valence-corrected chi connectivity index (χ3v) is 3.50. The van der Waals surface area contributed by atoms with Gasteiger partial charge in [-0.3, -0.25) is 9.69 Å². The first-order chi connectivity index (χ1) is 11.0. The topological polar surface area (TPSA) is 54.5 Å². The van der Waals surface area contributed by atoms with E-state index in [-0.39, 0.29) is 30.1 Å². The zero-order valence-electron chi connectivity index (χ0n) is 13.4. The molecule has 1 aromatic heterocycles. The van der Waals surface area contributed by atoms with E-state index in [1.807, 2.05) is 25.9 Å². The van der Waals surface area contributed by atoms with Crippen molar-refractivity contribution in [2.75, 3.05) is 14.1 Å². The summed E-state index contributed by atoms with van der Waals surface area (Å²) in [5.41, 5.74) is 0.676. The van der Waals surface area contributed by atoms with E-state index in [1.165, 1.54) is 12.1 Å². The number of halogens is 1. The number of likely N-dealkylation sites (N-methyl/N-ethyl adjacent to an activating group) is 1. The normalized spacial score (nSPS) is 12.0. The first-order valence-corrected chi connectivity index (χ1v) is 7.29. The van der Waals surface area contributed by atoms with Crippen molar-refractivity contribution < 1.29 is 13.9 Å². The van der Waals surface area contributed by atoms with Gasteiger partial charge in [0.25, 0.3) is 0 Å². The maximum absolute atomic E-state index is 13.7. The second-order valence-corrected chi connectivity index (χ2v) is 5.36. The minimum atomic E-state index is -0.464. The highest BCUT2D eigenvalue weighted by atomic mass is 19.1. The van der Waals surface area contributed by atoms with Crippen LogP contribution in [0.3, 0.4) is 0 Å². The molecule has 122 valence electrons. The van der Waals surface area contributed by atoms with Crippen molar-refractivity contribution >= 4 is 5.91 Å². The number of pyridine rings is 1. The molecule has 2 aromatic rings. The Balaban J connectivity index is 2.09. The summed E-state index contributed by atoms with van der Waals surface area (Å²) >= 11 is 0. The van der Waals surface area contributed by atoms with Crippen molar-refractivity contribution in [1.82, 2.24) is 15.2 Å². The predicted octanol–water partition coefficient (Wildman–Crippen LogP) is 2.58. The van der Waals surface area contributed by atoms with Crippen LogP contribution in [0, 0.1) is 5.82 Å². The average molecular weight is 317 g/mol. The molecule has 0 bridgehead atoms. The summed E-state index contributed by atoms with van der Waals surface area (Å²) < 4.78 is 19.2. The highest BCUT2D eigenvalue weighted by Crippen LogP contribution is 2.25. The fourth-order valence-electron chi connectivity index (χ4n) is 1.85. The number of nitrogens with zero attached hydrogens (tertiary/aromatic N) is 2. The maximum Gasteiger partial charge on any atom is 0.237 e. The molecule has 1 N–H and O–H groups in total. The monoisotopic (exact) mass is 317 g/mol. The summed E-state index contributed by atoms with van der Waals surface area (Å²) in [6, 6.07) is 9.39. The highest BCUT2D eigenvalue weighted by Gasteiger charge is 2.16. The van der Waals surface area contributed by atoms with E-state index in [2.05, 4.69) is 10.3 Å². The van der Waals surface area contributed by atoms with Crippen molar-refractivity contribution in [2.45, 2.75) is 19.5 Å². The Kier molecular flexibility index (Phi) is 5.65. The fourth-order valence-corrected chi connectivity index (χ4v) is 1.85. The van der Waals surface area contributed by atoms with E-state index in [1.54, 1.807) is 30.5 Å². The molecule has 1 atom stereocenters. The molecule has 0 saturated carbocycles. The van der Waals surface area contributed by atoms with E-state index in [4.69, 9.17) is 4.74 Å². The Morgan fingerprint density at radius 1 is 1.30 bits per heavy atom. The number of aromatic nitrogens is 1. The van der Waals surface area contributed by atoms with Gasteiger partial charge >= 0.3 is 0 Å². The van der Waals surface area contributed by atoms with E-state index < -0.39 is 5.82 Å². The SMILES string of the molecule is C[C@H](C(=O)NCc1cccnc1Oc1ccccc1F)N(C)C. The van der Waals surface area contributed by atoms with Gasteiger partial charge in [-0.05, 0) is 39.2 Å². The Morgan fingerprint density at radius 3 is 2.74 bits per heavy atom. The summed E-state index contributed by atoms with van der Waals surface area (Å²) in [5, 5.41) is 2.83. The average Bonchev–Trinajstić information content (AvgIpc) is 2.55. The zero-order valence-corrected chi connectivity index (χ0v) is 13.4. The molecule has 1 aromatic carbocycles. The van der Waals surface area contributed by atoms with Crippen LogP contribution in [0.5, 0.6) is 11.6 Å². The molecule has 0 fully saturated rings. The Hall–Kier alpha value is -2.47. The van der Waals surface area contributed by atoms with E-state index >= 15 is 0 Å². The molecule has 2 rings (SSSR count).